The zero-order valence-electron chi connectivity index (χ0n) is 4.64. The molecule has 6 heteroatoms. The first-order valence-electron chi connectivity index (χ1n) is 1.97. The summed E-state index contributed by atoms with van der Waals surface area (Å²) in [6.07, 6.45) is 0. The summed E-state index contributed by atoms with van der Waals surface area (Å²) < 4.78 is 14.6. The quantitative estimate of drug-likeness (QED) is 0.318. The van der Waals surface area contributed by atoms with Crippen LogP contribution in [0.4, 0.5) is 0 Å². The van der Waals surface area contributed by atoms with Gasteiger partial charge < -0.3 is 12.7 Å². The van der Waals surface area contributed by atoms with E-state index in [-0.39, 0.29) is 0 Å². The smallest absolute Gasteiger partial charge is 0.295 e. The Hall–Kier alpha value is 0.531. The minimum atomic E-state index is -0.630. The summed E-state index contributed by atoms with van der Waals surface area (Å²) in [5, 5.41) is 0. The van der Waals surface area contributed by atoms with Crippen molar-refractivity contribution in [3.8, 4) is 0 Å². The Morgan fingerprint density at radius 1 is 1.43 bits per heavy atom. The lowest BCUT2D eigenvalue weighted by Crippen LogP contribution is -2.07. The molecule has 3 nitrogen and oxygen atoms in total. The first-order valence-corrected chi connectivity index (χ1v) is 5.10. The second kappa shape index (κ2) is 6.53. The second-order valence-corrected chi connectivity index (χ2v) is 6.01. The fourth-order valence-corrected chi connectivity index (χ4v) is 3.31. The van der Waals surface area contributed by atoms with Gasteiger partial charge in [0.05, 0.1) is 0 Å². The van der Waals surface area contributed by atoms with Crippen molar-refractivity contribution in [2.75, 3.05) is 7.11 Å². The van der Waals surface area contributed by atoms with Gasteiger partial charge in [-0.2, -0.15) is 0 Å². The SMILES string of the molecule is CO[SiH2]O[SiH2]O[SiH3]. The van der Waals surface area contributed by atoms with Gasteiger partial charge in [-0.1, -0.05) is 0 Å². The Balaban J connectivity index is 2.45. The molecule has 0 atom stereocenters. The Morgan fingerprint density at radius 3 is 2.57 bits per heavy atom. The second-order valence-electron chi connectivity index (χ2n) is 1.02. The lowest BCUT2D eigenvalue weighted by molar-refractivity contribution is 0.355. The van der Waals surface area contributed by atoms with Crippen LogP contribution in [0.2, 0.25) is 0 Å². The average molecular weight is 154 g/mol. The van der Waals surface area contributed by atoms with E-state index in [4.69, 9.17) is 12.7 Å². The van der Waals surface area contributed by atoms with Crippen LogP contribution in [-0.4, -0.2) is 37.6 Å². The fraction of sp³-hybridized carbons (Fsp3) is 1.00. The molecule has 0 aliphatic heterocycles. The first-order chi connectivity index (χ1) is 3.41. The minimum Gasteiger partial charge on any atom is -0.449 e. The van der Waals surface area contributed by atoms with E-state index in [1.165, 1.54) is 0 Å². The third-order valence-electron chi connectivity index (χ3n) is 0.402. The van der Waals surface area contributed by atoms with Crippen LogP contribution in [0, 0.1) is 0 Å². The monoisotopic (exact) mass is 154 g/mol. The number of hydrogen-bond donors (Lipinski definition) is 0. The van der Waals surface area contributed by atoms with Crippen molar-refractivity contribution < 1.29 is 12.7 Å². The van der Waals surface area contributed by atoms with Gasteiger partial charge in [0.1, 0.15) is 10.5 Å². The van der Waals surface area contributed by atoms with Gasteiger partial charge in [-0.05, 0) is 0 Å². The van der Waals surface area contributed by atoms with Crippen LogP contribution in [0.3, 0.4) is 0 Å². The Bertz CT molecular complexity index is 29.4. The normalized spacial score (nSPS) is 13.3. The molecule has 0 rings (SSSR count). The number of rotatable bonds is 4. The van der Waals surface area contributed by atoms with Crippen molar-refractivity contribution >= 4 is 30.5 Å². The summed E-state index contributed by atoms with van der Waals surface area (Å²) in [6.45, 7) is 0. The maximum absolute atomic E-state index is 5.00. The molecule has 0 radical (unpaired) electrons. The van der Waals surface area contributed by atoms with Gasteiger partial charge in [0, 0.05) is 7.11 Å². The van der Waals surface area contributed by atoms with E-state index in [1.54, 1.807) is 7.11 Å². The highest BCUT2D eigenvalue weighted by Gasteiger charge is 1.80. The lowest BCUT2D eigenvalue weighted by Gasteiger charge is -1.96. The van der Waals surface area contributed by atoms with E-state index in [9.17, 15) is 0 Å². The number of hydrogen-bond acceptors (Lipinski definition) is 3. The third kappa shape index (κ3) is 6.53. The van der Waals surface area contributed by atoms with Gasteiger partial charge in [-0.3, -0.25) is 0 Å². The van der Waals surface area contributed by atoms with Crippen LogP contribution < -0.4 is 0 Å². The van der Waals surface area contributed by atoms with E-state index in [0.717, 1.165) is 10.5 Å². The molecule has 44 valence electrons. The van der Waals surface area contributed by atoms with E-state index < -0.39 is 20.0 Å². The predicted octanol–water partition coefficient (Wildman–Crippen LogP) is -3.06. The highest BCUT2D eigenvalue weighted by molar-refractivity contribution is 6.37. The van der Waals surface area contributed by atoms with Crippen molar-refractivity contribution in [1.29, 1.82) is 0 Å². The van der Waals surface area contributed by atoms with Crippen molar-refractivity contribution in [1.82, 2.24) is 0 Å². The van der Waals surface area contributed by atoms with E-state index in [2.05, 4.69) is 0 Å². The zero-order chi connectivity index (χ0) is 5.54. The predicted molar refractivity (Wildman–Crippen MR) is 36.2 cm³/mol. The summed E-state index contributed by atoms with van der Waals surface area (Å²) in [5.41, 5.74) is 0. The molecule has 0 bridgehead atoms. The minimum absolute atomic E-state index is 0.591. The van der Waals surface area contributed by atoms with E-state index >= 15 is 0 Å². The molecule has 0 spiro atoms. The van der Waals surface area contributed by atoms with Crippen LogP contribution in [0.5, 0.6) is 0 Å². The molecular formula is CH10O3Si3. The highest BCUT2D eigenvalue weighted by Crippen LogP contribution is 1.64. The van der Waals surface area contributed by atoms with Crippen LogP contribution in [-0.2, 0) is 12.7 Å². The van der Waals surface area contributed by atoms with Crippen molar-refractivity contribution in [2.24, 2.45) is 0 Å². The molecule has 0 aromatic heterocycles. The van der Waals surface area contributed by atoms with Gasteiger partial charge in [-0.25, -0.2) is 0 Å². The molecule has 0 saturated heterocycles. The highest BCUT2D eigenvalue weighted by atomic mass is 28.4. The molecule has 0 aromatic carbocycles. The Kier molecular flexibility index (Phi) is 7.03. The van der Waals surface area contributed by atoms with E-state index in [0.29, 0.717) is 0 Å². The summed E-state index contributed by atoms with van der Waals surface area (Å²) in [6, 6.07) is 0. The molecule has 0 N–H and O–H groups in total. The summed E-state index contributed by atoms with van der Waals surface area (Å²) in [7, 11) is 1.25. The standard InChI is InChI=1S/CH10O3Si3/c1-2-6-4-7-3-5/h6-7H2,1,5H3. The van der Waals surface area contributed by atoms with Crippen molar-refractivity contribution in [2.45, 2.75) is 0 Å². The Labute approximate surface area is 51.0 Å². The molecule has 0 amide bonds. The van der Waals surface area contributed by atoms with Gasteiger partial charge in [0.25, 0.3) is 20.0 Å². The van der Waals surface area contributed by atoms with Gasteiger partial charge in [0.2, 0.25) is 0 Å². The van der Waals surface area contributed by atoms with Crippen LogP contribution in [0.15, 0.2) is 0 Å². The maximum Gasteiger partial charge on any atom is 0.295 e. The van der Waals surface area contributed by atoms with Gasteiger partial charge in [0.15, 0.2) is 0 Å². The zero-order valence-corrected chi connectivity index (χ0v) is 9.47. The first kappa shape index (κ1) is 7.53. The molecule has 0 heterocycles. The van der Waals surface area contributed by atoms with Gasteiger partial charge in [-0.15, -0.1) is 0 Å². The summed E-state index contributed by atoms with van der Waals surface area (Å²) in [5.74, 6) is 0. The summed E-state index contributed by atoms with van der Waals surface area (Å²) >= 11 is 0. The van der Waals surface area contributed by atoms with Crippen LogP contribution in [0.1, 0.15) is 0 Å². The maximum atomic E-state index is 5.00. The van der Waals surface area contributed by atoms with Crippen molar-refractivity contribution in [3.63, 3.8) is 0 Å². The van der Waals surface area contributed by atoms with Crippen LogP contribution >= 0.6 is 0 Å². The molecule has 7 heavy (non-hydrogen) atoms. The van der Waals surface area contributed by atoms with Crippen molar-refractivity contribution in [3.05, 3.63) is 0 Å². The fourth-order valence-electron chi connectivity index (χ4n) is 0.201. The lowest BCUT2D eigenvalue weighted by atomic mass is 11.8. The van der Waals surface area contributed by atoms with Crippen LogP contribution in [0.25, 0.3) is 0 Å². The largest absolute Gasteiger partial charge is 0.449 e. The average Bonchev–Trinajstić information content (AvgIpc) is 1.69. The molecule has 0 aliphatic rings. The van der Waals surface area contributed by atoms with Gasteiger partial charge >= 0.3 is 0 Å². The summed E-state index contributed by atoms with van der Waals surface area (Å²) in [4.78, 5) is 0. The Morgan fingerprint density at radius 2 is 2.14 bits per heavy atom. The third-order valence-corrected chi connectivity index (χ3v) is 2.91. The molecular weight excluding hydrogens is 144 g/mol. The topological polar surface area (TPSA) is 27.7 Å². The van der Waals surface area contributed by atoms with E-state index in [1.807, 2.05) is 0 Å². The molecule has 0 fully saturated rings. The molecule has 0 aromatic rings. The molecule has 0 aliphatic carbocycles. The molecule has 0 unspecified atom stereocenters. The molecule has 0 saturated carbocycles.